The van der Waals surface area contributed by atoms with Crippen LogP contribution < -0.4 is 9.47 Å². The second-order valence-electron chi connectivity index (χ2n) is 7.95. The highest BCUT2D eigenvalue weighted by atomic mass is 32.2. The van der Waals surface area contributed by atoms with Crippen LogP contribution in [-0.2, 0) is 4.79 Å². The number of carbonyl (C=O) groups is 1. The maximum atomic E-state index is 13.6. The van der Waals surface area contributed by atoms with E-state index in [0.29, 0.717) is 16.6 Å². The molecular formula is C25H28N2O3S. The summed E-state index contributed by atoms with van der Waals surface area (Å²) in [4.78, 5) is 21.0. The van der Waals surface area contributed by atoms with Gasteiger partial charge in [0.15, 0.2) is 5.17 Å². The average Bonchev–Trinajstić information content (AvgIpc) is 3.09. The number of amides is 1. The lowest BCUT2D eigenvalue weighted by Crippen LogP contribution is -2.44. The van der Waals surface area contributed by atoms with Crippen molar-refractivity contribution in [2.45, 2.75) is 38.6 Å². The number of ether oxygens (including phenoxy) is 2. The smallest absolute Gasteiger partial charge is 0.267 e. The van der Waals surface area contributed by atoms with E-state index >= 15 is 0 Å². The fraction of sp³-hybridized carbons (Fsp3) is 0.360. The molecule has 0 radical (unpaired) electrons. The standard InChI is InChI=1S/C25H28N2O3S/c1-17-9-7-8-12-21(17)27-24(28)23(31-25(27)26-19-10-5-4-6-11-19)16-18-15-20(29-2)13-14-22(18)30-3/h4-6,10-11,13-17,21H,7-9,12H2,1-3H3/b23-16-,26-25?/t17-,21+/m1/s1. The van der Waals surface area contributed by atoms with Gasteiger partial charge in [-0.05, 0) is 66.9 Å². The van der Waals surface area contributed by atoms with E-state index in [1.165, 1.54) is 18.2 Å². The van der Waals surface area contributed by atoms with Crippen LogP contribution in [0.25, 0.3) is 6.08 Å². The van der Waals surface area contributed by atoms with Crippen LogP contribution in [0.4, 0.5) is 5.69 Å². The largest absolute Gasteiger partial charge is 0.497 e. The molecule has 2 aromatic carbocycles. The molecule has 2 aromatic rings. The van der Waals surface area contributed by atoms with Gasteiger partial charge >= 0.3 is 0 Å². The van der Waals surface area contributed by atoms with Gasteiger partial charge in [0, 0.05) is 11.6 Å². The molecule has 1 aliphatic carbocycles. The minimum absolute atomic E-state index is 0.0169. The summed E-state index contributed by atoms with van der Waals surface area (Å²) in [6.45, 7) is 2.24. The van der Waals surface area contributed by atoms with Crippen molar-refractivity contribution in [3.8, 4) is 11.5 Å². The molecule has 2 fully saturated rings. The second kappa shape index (κ2) is 9.60. The number of nitrogens with zero attached hydrogens (tertiary/aromatic N) is 2. The molecule has 1 heterocycles. The van der Waals surface area contributed by atoms with E-state index in [2.05, 4.69) is 6.92 Å². The molecule has 5 nitrogen and oxygen atoms in total. The number of carbonyl (C=O) groups excluding carboxylic acids is 1. The van der Waals surface area contributed by atoms with Crippen LogP contribution in [0.15, 0.2) is 58.4 Å². The summed E-state index contributed by atoms with van der Waals surface area (Å²) >= 11 is 1.44. The lowest BCUT2D eigenvalue weighted by molar-refractivity contribution is -0.124. The Morgan fingerprint density at radius 2 is 1.84 bits per heavy atom. The first-order chi connectivity index (χ1) is 15.1. The second-order valence-corrected chi connectivity index (χ2v) is 8.96. The third kappa shape index (κ3) is 4.64. The molecule has 2 aliphatic rings. The lowest BCUT2D eigenvalue weighted by Gasteiger charge is -2.35. The Labute approximate surface area is 188 Å². The number of thioether (sulfide) groups is 1. The summed E-state index contributed by atoms with van der Waals surface area (Å²) in [5.41, 5.74) is 1.67. The van der Waals surface area contributed by atoms with E-state index in [-0.39, 0.29) is 11.9 Å². The first-order valence-corrected chi connectivity index (χ1v) is 11.5. The van der Waals surface area contributed by atoms with E-state index in [1.807, 2.05) is 59.5 Å². The van der Waals surface area contributed by atoms with E-state index in [0.717, 1.165) is 41.4 Å². The maximum absolute atomic E-state index is 13.6. The van der Waals surface area contributed by atoms with Crippen molar-refractivity contribution in [3.63, 3.8) is 0 Å². The van der Waals surface area contributed by atoms with Gasteiger partial charge in [-0.3, -0.25) is 9.69 Å². The number of rotatable bonds is 5. The van der Waals surface area contributed by atoms with Crippen LogP contribution in [0.5, 0.6) is 11.5 Å². The van der Waals surface area contributed by atoms with Crippen LogP contribution in [0, 0.1) is 5.92 Å². The van der Waals surface area contributed by atoms with E-state index in [9.17, 15) is 4.79 Å². The van der Waals surface area contributed by atoms with Gasteiger partial charge in [0.1, 0.15) is 11.5 Å². The van der Waals surface area contributed by atoms with E-state index in [4.69, 9.17) is 14.5 Å². The molecule has 1 saturated carbocycles. The quantitative estimate of drug-likeness (QED) is 0.549. The van der Waals surface area contributed by atoms with Gasteiger partial charge in [0.2, 0.25) is 0 Å². The third-order valence-electron chi connectivity index (χ3n) is 5.94. The van der Waals surface area contributed by atoms with Gasteiger partial charge in [0.25, 0.3) is 5.91 Å². The molecule has 0 aromatic heterocycles. The topological polar surface area (TPSA) is 51.1 Å². The Bertz CT molecular complexity index is 1000. The normalized spacial score (nSPS) is 24.1. The van der Waals surface area contributed by atoms with Gasteiger partial charge in [0.05, 0.1) is 24.8 Å². The number of aliphatic imine (C=N–C) groups is 1. The number of hydrogen-bond acceptors (Lipinski definition) is 5. The highest BCUT2D eigenvalue weighted by Crippen LogP contribution is 2.41. The van der Waals surface area contributed by atoms with E-state index in [1.54, 1.807) is 14.2 Å². The van der Waals surface area contributed by atoms with Crippen molar-refractivity contribution in [1.82, 2.24) is 4.90 Å². The van der Waals surface area contributed by atoms with Crippen molar-refractivity contribution in [1.29, 1.82) is 0 Å². The zero-order valence-corrected chi connectivity index (χ0v) is 19.0. The molecule has 162 valence electrons. The van der Waals surface area contributed by atoms with Crippen LogP contribution in [0.1, 0.15) is 38.2 Å². The van der Waals surface area contributed by atoms with Crippen molar-refractivity contribution in [2.24, 2.45) is 10.9 Å². The monoisotopic (exact) mass is 436 g/mol. The van der Waals surface area contributed by atoms with Crippen molar-refractivity contribution in [3.05, 3.63) is 59.0 Å². The van der Waals surface area contributed by atoms with Gasteiger partial charge in [-0.2, -0.15) is 0 Å². The average molecular weight is 437 g/mol. The SMILES string of the molecule is COc1ccc(OC)c(/C=C2\SC(=Nc3ccccc3)N([C@H]3CCCC[C@H]3C)C2=O)c1. The number of amidine groups is 1. The number of hydrogen-bond donors (Lipinski definition) is 0. The van der Waals surface area contributed by atoms with Crippen LogP contribution in [0.3, 0.4) is 0 Å². The Kier molecular flexibility index (Phi) is 6.66. The minimum atomic E-state index is 0.0169. The molecule has 4 rings (SSSR count). The van der Waals surface area contributed by atoms with Gasteiger partial charge in [-0.15, -0.1) is 0 Å². The van der Waals surface area contributed by atoms with Crippen molar-refractivity contribution in [2.75, 3.05) is 14.2 Å². The van der Waals surface area contributed by atoms with Gasteiger partial charge < -0.3 is 9.47 Å². The Morgan fingerprint density at radius 1 is 1.06 bits per heavy atom. The summed E-state index contributed by atoms with van der Waals surface area (Å²) < 4.78 is 10.9. The summed E-state index contributed by atoms with van der Waals surface area (Å²) in [5.74, 6) is 1.89. The molecule has 1 aliphatic heterocycles. The summed E-state index contributed by atoms with van der Waals surface area (Å²) in [7, 11) is 3.26. The number of methoxy groups -OCH3 is 2. The molecule has 31 heavy (non-hydrogen) atoms. The first-order valence-electron chi connectivity index (χ1n) is 10.7. The summed E-state index contributed by atoms with van der Waals surface area (Å²) in [6.07, 6.45) is 6.41. The fourth-order valence-corrected chi connectivity index (χ4v) is 5.28. The summed E-state index contributed by atoms with van der Waals surface area (Å²) in [6, 6.07) is 15.6. The molecule has 0 spiro atoms. The maximum Gasteiger partial charge on any atom is 0.267 e. The molecule has 0 N–H and O–H groups in total. The molecule has 1 amide bonds. The predicted octanol–water partition coefficient (Wildman–Crippen LogP) is 5.89. The van der Waals surface area contributed by atoms with Crippen LogP contribution >= 0.6 is 11.8 Å². The molecule has 1 saturated heterocycles. The van der Waals surface area contributed by atoms with Gasteiger partial charge in [-0.25, -0.2) is 4.99 Å². The van der Waals surface area contributed by atoms with Crippen molar-refractivity contribution >= 4 is 34.6 Å². The summed E-state index contributed by atoms with van der Waals surface area (Å²) in [5, 5.41) is 0.753. The van der Waals surface area contributed by atoms with Crippen molar-refractivity contribution < 1.29 is 14.3 Å². The third-order valence-corrected chi connectivity index (χ3v) is 6.92. The zero-order chi connectivity index (χ0) is 21.8. The predicted molar refractivity (Wildman–Crippen MR) is 127 cm³/mol. The highest BCUT2D eigenvalue weighted by Gasteiger charge is 2.41. The Balaban J connectivity index is 1.75. The first kappa shape index (κ1) is 21.5. The highest BCUT2D eigenvalue weighted by molar-refractivity contribution is 8.18. The minimum Gasteiger partial charge on any atom is -0.497 e. The molecule has 6 heteroatoms. The molecular weight excluding hydrogens is 408 g/mol. The van der Waals surface area contributed by atoms with Crippen LogP contribution in [-0.4, -0.2) is 36.2 Å². The molecule has 0 unspecified atom stereocenters. The molecule has 2 atom stereocenters. The number of benzene rings is 2. The van der Waals surface area contributed by atoms with Crippen LogP contribution in [0.2, 0.25) is 0 Å². The lowest BCUT2D eigenvalue weighted by atomic mass is 9.85. The Morgan fingerprint density at radius 3 is 2.55 bits per heavy atom. The van der Waals surface area contributed by atoms with Gasteiger partial charge in [-0.1, -0.05) is 38.0 Å². The zero-order valence-electron chi connectivity index (χ0n) is 18.2. The van der Waals surface area contributed by atoms with E-state index < -0.39 is 0 Å². The molecule has 0 bridgehead atoms. The Hall–Kier alpha value is -2.73. The number of para-hydroxylation sites is 1. The fourth-order valence-electron chi connectivity index (χ4n) is 4.24.